The molecule has 5 rings (SSSR count). The Kier molecular flexibility index (Phi) is 7.35. The van der Waals surface area contributed by atoms with Crippen LogP contribution in [0.4, 0.5) is 0 Å². The minimum Gasteiger partial charge on any atom is -0.0971 e. The number of hydrogen-bond donors (Lipinski definition) is 0. The topological polar surface area (TPSA) is 0 Å². The van der Waals surface area contributed by atoms with Crippen LogP contribution in [0.1, 0.15) is 114 Å². The highest BCUT2D eigenvalue weighted by Crippen LogP contribution is 2.69. The van der Waals surface area contributed by atoms with E-state index < -0.39 is 0 Å². The second-order valence-corrected chi connectivity index (χ2v) is 22.8. The zero-order valence-electron chi connectivity index (χ0n) is 23.4. The van der Waals surface area contributed by atoms with Gasteiger partial charge in [0, 0.05) is 0 Å². The van der Waals surface area contributed by atoms with Crippen molar-refractivity contribution in [2.45, 2.75) is 135 Å². The van der Waals surface area contributed by atoms with Crippen LogP contribution in [0.5, 0.6) is 0 Å². The van der Waals surface area contributed by atoms with Gasteiger partial charge in [-0.1, -0.05) is 91.5 Å². The highest BCUT2D eigenvalue weighted by atomic mass is 31.1. The van der Waals surface area contributed by atoms with Crippen LogP contribution >= 0.6 is 15.8 Å². The van der Waals surface area contributed by atoms with Crippen LogP contribution in [0.3, 0.4) is 0 Å². The van der Waals surface area contributed by atoms with Crippen LogP contribution in [-0.4, -0.2) is 33.5 Å². The van der Waals surface area contributed by atoms with Gasteiger partial charge in [0.15, 0.2) is 0 Å². The van der Waals surface area contributed by atoms with Gasteiger partial charge >= 0.3 is 0 Å². The van der Waals surface area contributed by atoms with Gasteiger partial charge in [-0.3, -0.25) is 0 Å². The maximum atomic E-state index is 2.63. The Bertz CT molecular complexity index is 603. The van der Waals surface area contributed by atoms with Gasteiger partial charge in [-0.2, -0.15) is 0 Å². The predicted octanol–water partition coefficient (Wildman–Crippen LogP) is 9.83. The van der Waals surface area contributed by atoms with E-state index in [9.17, 15) is 0 Å². The molecule has 5 aliphatic carbocycles. The Hall–Kier alpha value is 0.860. The molecule has 0 aromatic rings. The van der Waals surface area contributed by atoms with Crippen LogP contribution in [-0.2, 0) is 0 Å². The first-order chi connectivity index (χ1) is 14.6. The second-order valence-electron chi connectivity index (χ2n) is 15.7. The summed E-state index contributed by atoms with van der Waals surface area (Å²) >= 11 is 0. The van der Waals surface area contributed by atoms with Gasteiger partial charge in [-0.25, -0.2) is 0 Å². The fourth-order valence-electron chi connectivity index (χ4n) is 9.19. The Labute approximate surface area is 204 Å². The summed E-state index contributed by atoms with van der Waals surface area (Å²) in [6.07, 6.45) is 14.2. The molecule has 2 heteroatoms. The van der Waals surface area contributed by atoms with Crippen molar-refractivity contribution >= 4 is 15.8 Å². The maximum absolute atomic E-state index is 2.63. The lowest BCUT2D eigenvalue weighted by Gasteiger charge is -2.59. The van der Waals surface area contributed by atoms with Gasteiger partial charge in [-0.05, 0) is 113 Å². The molecule has 4 bridgehead atoms. The molecule has 5 aliphatic rings. The van der Waals surface area contributed by atoms with Gasteiger partial charge in [0.05, 0.1) is 0 Å². The van der Waals surface area contributed by atoms with Crippen LogP contribution in [0.25, 0.3) is 0 Å². The molecule has 5 saturated carbocycles. The predicted molar refractivity (Wildman–Crippen MR) is 149 cm³/mol. The van der Waals surface area contributed by atoms with E-state index in [4.69, 9.17) is 0 Å². The first-order valence-corrected chi connectivity index (χ1v) is 17.3. The van der Waals surface area contributed by atoms with E-state index in [0.29, 0.717) is 15.5 Å². The van der Waals surface area contributed by atoms with Crippen molar-refractivity contribution in [3.8, 4) is 0 Å². The van der Waals surface area contributed by atoms with E-state index in [1.165, 1.54) is 19.0 Å². The average Bonchev–Trinajstić information content (AvgIpc) is 2.94. The normalized spacial score (nSPS) is 41.0. The van der Waals surface area contributed by atoms with E-state index in [-0.39, 0.29) is 15.8 Å². The molecule has 186 valence electrons. The summed E-state index contributed by atoms with van der Waals surface area (Å²) in [4.78, 5) is 0. The minimum absolute atomic E-state index is 0.0304. The molecule has 5 fully saturated rings. The van der Waals surface area contributed by atoms with Gasteiger partial charge < -0.3 is 0 Å². The average molecular weight is 479 g/mol. The van der Waals surface area contributed by atoms with Crippen molar-refractivity contribution in [2.24, 2.45) is 41.4 Å². The van der Waals surface area contributed by atoms with Crippen molar-refractivity contribution in [3.63, 3.8) is 0 Å². The Morgan fingerprint density at radius 1 is 0.625 bits per heavy atom. The van der Waals surface area contributed by atoms with Crippen LogP contribution in [0.15, 0.2) is 0 Å². The van der Waals surface area contributed by atoms with E-state index in [2.05, 4.69) is 69.2 Å². The Morgan fingerprint density at radius 2 is 1.12 bits per heavy atom. The van der Waals surface area contributed by atoms with Crippen molar-refractivity contribution in [2.75, 3.05) is 12.3 Å². The fraction of sp³-hybridized carbons (Fsp3) is 1.00. The largest absolute Gasteiger partial charge is 0.0971 e. The third-order valence-corrected chi connectivity index (χ3v) is 18.3. The third-order valence-electron chi connectivity index (χ3n) is 10.2. The molecule has 0 spiro atoms. The highest BCUT2D eigenvalue weighted by molar-refractivity contribution is 7.61. The Morgan fingerprint density at radius 3 is 1.56 bits per heavy atom. The van der Waals surface area contributed by atoms with Crippen LogP contribution in [0, 0.1) is 41.4 Å². The third kappa shape index (κ3) is 5.33. The molecule has 0 aliphatic heterocycles. The molecule has 0 radical (unpaired) electrons. The molecule has 4 atom stereocenters. The molecule has 0 amide bonds. The lowest BCUT2D eigenvalue weighted by atomic mass is 9.56. The van der Waals surface area contributed by atoms with Crippen LogP contribution in [0.2, 0.25) is 0 Å². The zero-order valence-corrected chi connectivity index (χ0v) is 25.2. The summed E-state index contributed by atoms with van der Waals surface area (Å²) in [5.74, 6) is 7.41. The maximum Gasteiger partial charge on any atom is -0.0147 e. The molecule has 0 nitrogen and oxygen atoms in total. The smallest absolute Gasteiger partial charge is 0.0147 e. The molecule has 0 heterocycles. The summed E-state index contributed by atoms with van der Waals surface area (Å²) < 4.78 is 0. The van der Waals surface area contributed by atoms with Gasteiger partial charge in [-0.15, -0.1) is 0 Å². The SMILES string of the molecule is CC1CCC(CP(C(C)(C)C)C(C)(C)C)C1CP(C1C2CC3CC(C2)CC1C3)C(C)(C)C. The first-order valence-electron chi connectivity index (χ1n) is 14.2. The summed E-state index contributed by atoms with van der Waals surface area (Å²) in [6, 6.07) is 0. The molecular formula is C30H56P2. The molecule has 0 saturated heterocycles. The van der Waals surface area contributed by atoms with E-state index in [1.54, 1.807) is 38.3 Å². The molecular weight excluding hydrogens is 422 g/mol. The fourth-order valence-corrected chi connectivity index (χ4v) is 17.5. The number of rotatable bonds is 5. The number of hydrogen-bond acceptors (Lipinski definition) is 0. The molecule has 0 aromatic carbocycles. The second kappa shape index (κ2) is 9.06. The van der Waals surface area contributed by atoms with Crippen molar-refractivity contribution in [1.29, 1.82) is 0 Å². The van der Waals surface area contributed by atoms with E-state index >= 15 is 0 Å². The summed E-state index contributed by atoms with van der Waals surface area (Å²) in [7, 11) is 0.141. The Balaban J connectivity index is 1.55. The molecule has 0 N–H and O–H groups in total. The van der Waals surface area contributed by atoms with E-state index in [0.717, 1.165) is 47.1 Å². The minimum atomic E-state index is 0.0304. The monoisotopic (exact) mass is 478 g/mol. The molecule has 0 aromatic heterocycles. The summed E-state index contributed by atoms with van der Waals surface area (Å²) in [6.45, 7) is 25.8. The zero-order chi connectivity index (χ0) is 23.6. The van der Waals surface area contributed by atoms with Gasteiger partial charge in [0.1, 0.15) is 0 Å². The summed E-state index contributed by atoms with van der Waals surface area (Å²) in [5, 5.41) is 1.47. The van der Waals surface area contributed by atoms with E-state index in [1.807, 2.05) is 0 Å². The molecule has 4 unspecified atom stereocenters. The van der Waals surface area contributed by atoms with Gasteiger partial charge in [0.2, 0.25) is 0 Å². The first kappa shape index (κ1) is 25.9. The molecule has 32 heavy (non-hydrogen) atoms. The lowest BCUT2D eigenvalue weighted by Crippen LogP contribution is -2.49. The lowest BCUT2D eigenvalue weighted by molar-refractivity contribution is 0.0240. The van der Waals surface area contributed by atoms with Crippen LogP contribution < -0.4 is 0 Å². The van der Waals surface area contributed by atoms with Crippen molar-refractivity contribution in [3.05, 3.63) is 0 Å². The summed E-state index contributed by atoms with van der Waals surface area (Å²) in [5.41, 5.74) is 1.11. The quantitative estimate of drug-likeness (QED) is 0.345. The van der Waals surface area contributed by atoms with Crippen molar-refractivity contribution in [1.82, 2.24) is 0 Å². The van der Waals surface area contributed by atoms with Crippen molar-refractivity contribution < 1.29 is 0 Å². The highest BCUT2D eigenvalue weighted by Gasteiger charge is 2.53. The van der Waals surface area contributed by atoms with Gasteiger partial charge in [0.25, 0.3) is 0 Å². The standard InChI is InChI=1S/C30H56P2/c1-20-11-12-23(18-32(29(5,6)7)30(8,9)10)26(20)19-31(28(2,3)4)27-24-14-21-13-22(16-24)17-25(27)15-21/h20-27H,11-19H2,1-10H3.